The van der Waals surface area contributed by atoms with Crippen molar-refractivity contribution in [3.8, 4) is 0 Å². The Labute approximate surface area is 121 Å². The fourth-order valence-corrected chi connectivity index (χ4v) is 2.77. The lowest BCUT2D eigenvalue weighted by Gasteiger charge is -2.27. The topological polar surface area (TPSA) is 56.1 Å². The minimum atomic E-state index is 0.288. The Balaban J connectivity index is 1.77. The van der Waals surface area contributed by atoms with Gasteiger partial charge in [0.25, 0.3) is 0 Å². The van der Waals surface area contributed by atoms with E-state index in [4.69, 9.17) is 16.3 Å². The molecule has 6 nitrogen and oxygen atoms in total. The van der Waals surface area contributed by atoms with Crippen molar-refractivity contribution in [1.29, 1.82) is 0 Å². The highest BCUT2D eigenvalue weighted by atomic mass is 35.5. The van der Waals surface area contributed by atoms with Crippen LogP contribution in [0.15, 0.2) is 6.33 Å². The number of hydrogen-bond acceptors (Lipinski definition) is 5. The van der Waals surface area contributed by atoms with Gasteiger partial charge in [0, 0.05) is 19.6 Å². The number of aromatic nitrogens is 4. The number of halogens is 1. The first kappa shape index (κ1) is 12.3. The molecule has 2 aromatic heterocycles. The van der Waals surface area contributed by atoms with Crippen LogP contribution in [0.4, 0.5) is 5.82 Å². The largest absolute Gasteiger partial charge is 0.378 e. The summed E-state index contributed by atoms with van der Waals surface area (Å²) in [6, 6.07) is 0. The number of rotatable bonds is 3. The van der Waals surface area contributed by atoms with Crippen LogP contribution < -0.4 is 4.90 Å². The molecule has 4 rings (SSSR count). The zero-order valence-electron chi connectivity index (χ0n) is 11.1. The highest BCUT2D eigenvalue weighted by molar-refractivity contribution is 6.28. The molecule has 1 saturated carbocycles. The summed E-state index contributed by atoms with van der Waals surface area (Å²) in [7, 11) is 0. The second-order valence-corrected chi connectivity index (χ2v) is 5.77. The summed E-state index contributed by atoms with van der Waals surface area (Å²) in [6.07, 6.45) is 4.46. The van der Waals surface area contributed by atoms with E-state index in [1.807, 2.05) is 6.33 Å². The highest BCUT2D eigenvalue weighted by Crippen LogP contribution is 2.32. The van der Waals surface area contributed by atoms with Crippen LogP contribution in [0.3, 0.4) is 0 Å². The summed E-state index contributed by atoms with van der Waals surface area (Å²) in [5.74, 6) is 1.60. The van der Waals surface area contributed by atoms with Crippen LogP contribution >= 0.6 is 11.6 Å². The predicted molar refractivity (Wildman–Crippen MR) is 76.1 cm³/mol. The Hall–Kier alpha value is -1.40. The first-order valence-corrected chi connectivity index (χ1v) is 7.40. The average molecular weight is 294 g/mol. The molecule has 0 bridgehead atoms. The maximum atomic E-state index is 6.10. The fraction of sp³-hybridized carbons (Fsp3) is 0.615. The maximum absolute atomic E-state index is 6.10. The molecule has 0 N–H and O–H groups in total. The van der Waals surface area contributed by atoms with Crippen LogP contribution in [0.25, 0.3) is 11.2 Å². The van der Waals surface area contributed by atoms with Crippen molar-refractivity contribution in [3.05, 3.63) is 11.6 Å². The molecule has 1 aliphatic carbocycles. The number of anilines is 1. The molecule has 0 spiro atoms. The van der Waals surface area contributed by atoms with Gasteiger partial charge in [0.1, 0.15) is 0 Å². The third-order valence-electron chi connectivity index (χ3n) is 3.88. The van der Waals surface area contributed by atoms with Crippen LogP contribution in [0, 0.1) is 5.92 Å². The molecule has 0 radical (unpaired) electrons. The summed E-state index contributed by atoms with van der Waals surface area (Å²) in [5, 5.41) is 0.288. The van der Waals surface area contributed by atoms with E-state index in [2.05, 4.69) is 24.4 Å². The fourth-order valence-electron chi connectivity index (χ4n) is 2.61. The lowest BCUT2D eigenvalue weighted by Crippen LogP contribution is -2.37. The van der Waals surface area contributed by atoms with Gasteiger partial charge in [0.15, 0.2) is 17.0 Å². The predicted octanol–water partition coefficient (Wildman–Crippen LogP) is 1.73. The minimum Gasteiger partial charge on any atom is -0.378 e. The number of imidazole rings is 1. The smallest absolute Gasteiger partial charge is 0.226 e. The zero-order valence-corrected chi connectivity index (χ0v) is 11.9. The summed E-state index contributed by atoms with van der Waals surface area (Å²) in [4.78, 5) is 15.4. The lowest BCUT2D eigenvalue weighted by molar-refractivity contribution is 0.122. The van der Waals surface area contributed by atoms with Gasteiger partial charge in [0.2, 0.25) is 5.28 Å². The van der Waals surface area contributed by atoms with Crippen LogP contribution in [-0.2, 0) is 11.3 Å². The molecule has 106 valence electrons. The Kier molecular flexibility index (Phi) is 3.00. The van der Waals surface area contributed by atoms with Crippen molar-refractivity contribution >= 4 is 28.6 Å². The van der Waals surface area contributed by atoms with E-state index in [0.717, 1.165) is 42.5 Å². The van der Waals surface area contributed by atoms with Crippen molar-refractivity contribution in [2.45, 2.75) is 19.4 Å². The van der Waals surface area contributed by atoms with E-state index in [1.54, 1.807) is 0 Å². The second-order valence-electron chi connectivity index (χ2n) is 5.43. The van der Waals surface area contributed by atoms with Gasteiger partial charge in [-0.15, -0.1) is 0 Å². The van der Waals surface area contributed by atoms with Crippen LogP contribution in [0.1, 0.15) is 12.8 Å². The van der Waals surface area contributed by atoms with Crippen molar-refractivity contribution in [3.63, 3.8) is 0 Å². The summed E-state index contributed by atoms with van der Waals surface area (Å²) >= 11 is 6.10. The molecule has 0 atom stereocenters. The molecule has 2 fully saturated rings. The number of nitrogens with zero attached hydrogens (tertiary/aromatic N) is 5. The Morgan fingerprint density at radius 2 is 2.05 bits per heavy atom. The molecule has 7 heteroatoms. The number of fused-ring (bicyclic) bond motifs is 1. The van der Waals surface area contributed by atoms with E-state index < -0.39 is 0 Å². The standard InChI is InChI=1S/C13H16ClN5O/c14-13-16-11(18-3-5-20-6-4-18)10-12(17-13)19(8-15-10)7-9-1-2-9/h8-9H,1-7H2. The molecule has 0 unspecified atom stereocenters. The van der Waals surface area contributed by atoms with Crippen LogP contribution in [-0.4, -0.2) is 45.8 Å². The molecular weight excluding hydrogens is 278 g/mol. The SMILES string of the molecule is Clc1nc(N2CCOCC2)c2ncn(CC3CC3)c2n1. The zero-order chi connectivity index (χ0) is 13.5. The van der Waals surface area contributed by atoms with Gasteiger partial charge < -0.3 is 14.2 Å². The first-order valence-electron chi connectivity index (χ1n) is 7.02. The number of ether oxygens (including phenoxy) is 1. The molecule has 3 heterocycles. The van der Waals surface area contributed by atoms with Gasteiger partial charge in [-0.2, -0.15) is 9.97 Å². The quantitative estimate of drug-likeness (QED) is 0.807. The van der Waals surface area contributed by atoms with Crippen LogP contribution in [0.2, 0.25) is 5.28 Å². The van der Waals surface area contributed by atoms with Gasteiger partial charge in [-0.25, -0.2) is 4.98 Å². The number of hydrogen-bond donors (Lipinski definition) is 0. The van der Waals surface area contributed by atoms with Crippen LogP contribution in [0.5, 0.6) is 0 Å². The first-order chi connectivity index (χ1) is 9.81. The van der Waals surface area contributed by atoms with Gasteiger partial charge in [-0.05, 0) is 30.4 Å². The Morgan fingerprint density at radius 1 is 1.25 bits per heavy atom. The van der Waals surface area contributed by atoms with Gasteiger partial charge in [-0.1, -0.05) is 0 Å². The van der Waals surface area contributed by atoms with E-state index in [9.17, 15) is 0 Å². The number of morpholine rings is 1. The van der Waals surface area contributed by atoms with Gasteiger partial charge >= 0.3 is 0 Å². The molecule has 0 aromatic carbocycles. The van der Waals surface area contributed by atoms with E-state index in [0.29, 0.717) is 13.2 Å². The van der Waals surface area contributed by atoms with Crippen molar-refractivity contribution in [2.75, 3.05) is 31.2 Å². The Morgan fingerprint density at radius 3 is 2.80 bits per heavy atom. The summed E-state index contributed by atoms with van der Waals surface area (Å²) in [5.41, 5.74) is 1.69. The van der Waals surface area contributed by atoms with Gasteiger partial charge in [-0.3, -0.25) is 0 Å². The molecule has 2 aromatic rings. The van der Waals surface area contributed by atoms with E-state index in [1.165, 1.54) is 12.8 Å². The third kappa shape index (κ3) is 2.23. The molecule has 2 aliphatic rings. The normalized spacial score (nSPS) is 19.8. The maximum Gasteiger partial charge on any atom is 0.226 e. The molecule has 20 heavy (non-hydrogen) atoms. The molecule has 0 amide bonds. The highest BCUT2D eigenvalue weighted by Gasteiger charge is 2.25. The van der Waals surface area contributed by atoms with E-state index in [-0.39, 0.29) is 5.28 Å². The monoisotopic (exact) mass is 293 g/mol. The average Bonchev–Trinajstić information content (AvgIpc) is 3.20. The van der Waals surface area contributed by atoms with Gasteiger partial charge in [0.05, 0.1) is 19.5 Å². The molecule has 1 saturated heterocycles. The minimum absolute atomic E-state index is 0.288. The van der Waals surface area contributed by atoms with Crippen molar-refractivity contribution in [2.24, 2.45) is 5.92 Å². The summed E-state index contributed by atoms with van der Waals surface area (Å²) < 4.78 is 7.49. The lowest BCUT2D eigenvalue weighted by atomic mass is 10.3. The van der Waals surface area contributed by atoms with Crippen molar-refractivity contribution < 1.29 is 4.74 Å². The molecule has 1 aliphatic heterocycles. The Bertz CT molecular complexity index is 633. The summed E-state index contributed by atoms with van der Waals surface area (Å²) in [6.45, 7) is 4.04. The van der Waals surface area contributed by atoms with E-state index >= 15 is 0 Å². The molecular formula is C13H16ClN5O. The second kappa shape index (κ2) is 4.86. The third-order valence-corrected chi connectivity index (χ3v) is 4.05. The van der Waals surface area contributed by atoms with Crippen molar-refractivity contribution in [1.82, 2.24) is 19.5 Å².